The fourth-order valence-electron chi connectivity index (χ4n) is 2.47. The maximum Gasteiger partial charge on any atom is 0.408 e. The minimum atomic E-state index is -0.865. The smallest absolute Gasteiger partial charge is 0.408 e. The van der Waals surface area contributed by atoms with Gasteiger partial charge in [0.2, 0.25) is 0 Å². The Morgan fingerprint density at radius 2 is 1.61 bits per heavy atom. The number of carbonyl (C=O) groups is 2. The van der Waals surface area contributed by atoms with Gasteiger partial charge < -0.3 is 19.5 Å². The SMILES string of the molecule is COc1ccc(CC(NC(=O)OCc2ccccc2)C(=O)OC(C)(C)C)cc1. The molecule has 6 heteroatoms. The van der Waals surface area contributed by atoms with E-state index in [0.29, 0.717) is 5.75 Å². The Balaban J connectivity index is 2.03. The number of amides is 1. The lowest BCUT2D eigenvalue weighted by Gasteiger charge is -2.24. The summed E-state index contributed by atoms with van der Waals surface area (Å²) in [5, 5.41) is 2.62. The molecule has 1 atom stereocenters. The van der Waals surface area contributed by atoms with Gasteiger partial charge >= 0.3 is 12.1 Å². The maximum absolute atomic E-state index is 12.6. The number of alkyl carbamates (subject to hydrolysis) is 1. The van der Waals surface area contributed by atoms with E-state index in [1.165, 1.54) is 0 Å². The van der Waals surface area contributed by atoms with Crippen molar-refractivity contribution in [2.24, 2.45) is 0 Å². The zero-order chi connectivity index (χ0) is 20.6. The topological polar surface area (TPSA) is 73.9 Å². The van der Waals surface area contributed by atoms with E-state index in [0.717, 1.165) is 11.1 Å². The molecule has 0 aliphatic carbocycles. The number of hydrogen-bond donors (Lipinski definition) is 1. The molecule has 0 saturated heterocycles. The second kappa shape index (κ2) is 9.78. The molecule has 0 aliphatic heterocycles. The number of benzene rings is 2. The molecule has 0 bridgehead atoms. The fraction of sp³-hybridized carbons (Fsp3) is 0.364. The Hall–Kier alpha value is -3.02. The van der Waals surface area contributed by atoms with Crippen LogP contribution < -0.4 is 10.1 Å². The number of methoxy groups -OCH3 is 1. The Labute approximate surface area is 165 Å². The molecular formula is C22H27NO5. The molecule has 0 fully saturated rings. The number of esters is 1. The summed E-state index contributed by atoms with van der Waals surface area (Å²) in [4.78, 5) is 24.8. The summed E-state index contributed by atoms with van der Waals surface area (Å²) in [7, 11) is 1.59. The van der Waals surface area contributed by atoms with Crippen molar-refractivity contribution in [3.63, 3.8) is 0 Å². The molecule has 1 unspecified atom stereocenters. The number of nitrogens with one attached hydrogen (secondary N) is 1. The maximum atomic E-state index is 12.6. The Morgan fingerprint density at radius 3 is 2.18 bits per heavy atom. The van der Waals surface area contributed by atoms with Gasteiger partial charge in [-0.2, -0.15) is 0 Å². The van der Waals surface area contributed by atoms with Gasteiger partial charge in [-0.3, -0.25) is 0 Å². The van der Waals surface area contributed by atoms with E-state index in [1.54, 1.807) is 40.0 Å². The molecule has 0 spiro atoms. The van der Waals surface area contributed by atoms with Crippen molar-refractivity contribution >= 4 is 12.1 Å². The van der Waals surface area contributed by atoms with Crippen LogP contribution >= 0.6 is 0 Å². The molecule has 1 amide bonds. The second-order valence-electron chi connectivity index (χ2n) is 7.34. The van der Waals surface area contributed by atoms with E-state index in [9.17, 15) is 9.59 Å². The summed E-state index contributed by atoms with van der Waals surface area (Å²) in [5.74, 6) is 0.202. The molecular weight excluding hydrogens is 358 g/mol. The molecule has 0 aromatic heterocycles. The van der Waals surface area contributed by atoms with Gasteiger partial charge in [-0.1, -0.05) is 42.5 Å². The zero-order valence-electron chi connectivity index (χ0n) is 16.7. The Morgan fingerprint density at radius 1 is 0.964 bits per heavy atom. The standard InChI is InChI=1S/C22H27NO5/c1-22(2,3)28-20(24)19(14-16-10-12-18(26-4)13-11-16)23-21(25)27-15-17-8-6-5-7-9-17/h5-13,19H,14-15H2,1-4H3,(H,23,25). The van der Waals surface area contributed by atoms with Gasteiger partial charge in [-0.05, 0) is 44.0 Å². The molecule has 2 aromatic rings. The van der Waals surface area contributed by atoms with Gasteiger partial charge in [0.15, 0.2) is 0 Å². The monoisotopic (exact) mass is 385 g/mol. The quantitative estimate of drug-likeness (QED) is 0.733. The number of carbonyl (C=O) groups excluding carboxylic acids is 2. The van der Waals surface area contributed by atoms with Crippen molar-refractivity contribution < 1.29 is 23.8 Å². The fourth-order valence-corrected chi connectivity index (χ4v) is 2.47. The first-order valence-electron chi connectivity index (χ1n) is 9.10. The van der Waals surface area contributed by atoms with Crippen LogP contribution in [-0.2, 0) is 27.3 Å². The normalized spacial score (nSPS) is 12.0. The van der Waals surface area contributed by atoms with Crippen LogP contribution in [0.1, 0.15) is 31.9 Å². The van der Waals surface area contributed by atoms with E-state index >= 15 is 0 Å². The van der Waals surface area contributed by atoms with Crippen LogP contribution in [0, 0.1) is 0 Å². The average molecular weight is 385 g/mol. The van der Waals surface area contributed by atoms with Crippen LogP contribution in [0.2, 0.25) is 0 Å². The van der Waals surface area contributed by atoms with Crippen molar-refractivity contribution in [1.82, 2.24) is 5.32 Å². The summed E-state index contributed by atoms with van der Waals surface area (Å²) in [6.07, 6.45) is -0.396. The summed E-state index contributed by atoms with van der Waals surface area (Å²) < 4.78 is 15.8. The van der Waals surface area contributed by atoms with E-state index in [-0.39, 0.29) is 13.0 Å². The summed E-state index contributed by atoms with van der Waals surface area (Å²) in [6.45, 7) is 5.46. The third-order valence-electron chi connectivity index (χ3n) is 3.80. The second-order valence-corrected chi connectivity index (χ2v) is 7.34. The highest BCUT2D eigenvalue weighted by molar-refractivity contribution is 5.82. The minimum absolute atomic E-state index is 0.121. The Bertz CT molecular complexity index is 766. The van der Waals surface area contributed by atoms with Crippen LogP contribution in [0.25, 0.3) is 0 Å². The van der Waals surface area contributed by atoms with E-state index < -0.39 is 23.7 Å². The minimum Gasteiger partial charge on any atom is -0.497 e. The summed E-state index contributed by atoms with van der Waals surface area (Å²) >= 11 is 0. The van der Waals surface area contributed by atoms with Gasteiger partial charge in [-0.15, -0.1) is 0 Å². The highest BCUT2D eigenvalue weighted by Gasteiger charge is 2.27. The molecule has 2 rings (SSSR count). The predicted molar refractivity (Wildman–Crippen MR) is 106 cm³/mol. The third kappa shape index (κ3) is 7.31. The molecule has 28 heavy (non-hydrogen) atoms. The number of hydrogen-bond acceptors (Lipinski definition) is 5. The van der Waals surface area contributed by atoms with Crippen LogP contribution in [0.5, 0.6) is 5.75 Å². The van der Waals surface area contributed by atoms with Crippen molar-refractivity contribution in [3.8, 4) is 5.75 Å². The van der Waals surface area contributed by atoms with Gasteiger partial charge in [0, 0.05) is 6.42 Å². The molecule has 2 aromatic carbocycles. The Kier molecular flexibility index (Phi) is 7.44. The van der Waals surface area contributed by atoms with E-state index in [4.69, 9.17) is 14.2 Å². The number of ether oxygens (including phenoxy) is 3. The van der Waals surface area contributed by atoms with Crippen LogP contribution in [0.3, 0.4) is 0 Å². The lowest BCUT2D eigenvalue weighted by atomic mass is 10.1. The zero-order valence-corrected chi connectivity index (χ0v) is 16.7. The van der Waals surface area contributed by atoms with Crippen molar-refractivity contribution in [3.05, 3.63) is 65.7 Å². The van der Waals surface area contributed by atoms with Crippen LogP contribution in [0.4, 0.5) is 4.79 Å². The molecule has 0 radical (unpaired) electrons. The first kappa shape index (κ1) is 21.3. The van der Waals surface area contributed by atoms with Crippen molar-refractivity contribution in [1.29, 1.82) is 0 Å². The van der Waals surface area contributed by atoms with Crippen LogP contribution in [-0.4, -0.2) is 30.8 Å². The molecule has 0 heterocycles. The predicted octanol–water partition coefficient (Wildman–Crippen LogP) is 3.87. The van der Waals surface area contributed by atoms with Crippen LogP contribution in [0.15, 0.2) is 54.6 Å². The van der Waals surface area contributed by atoms with E-state index in [1.807, 2.05) is 42.5 Å². The van der Waals surface area contributed by atoms with Gasteiger partial charge in [0.25, 0.3) is 0 Å². The number of rotatable bonds is 7. The van der Waals surface area contributed by atoms with E-state index in [2.05, 4.69) is 5.32 Å². The lowest BCUT2D eigenvalue weighted by molar-refractivity contribution is -0.157. The first-order chi connectivity index (χ1) is 13.3. The summed E-state index contributed by atoms with van der Waals surface area (Å²) in [5.41, 5.74) is 1.06. The van der Waals surface area contributed by atoms with Crippen molar-refractivity contribution in [2.45, 2.75) is 45.4 Å². The average Bonchev–Trinajstić information content (AvgIpc) is 2.66. The molecule has 0 aliphatic rings. The highest BCUT2D eigenvalue weighted by atomic mass is 16.6. The highest BCUT2D eigenvalue weighted by Crippen LogP contribution is 2.15. The van der Waals surface area contributed by atoms with Crippen molar-refractivity contribution in [2.75, 3.05) is 7.11 Å². The largest absolute Gasteiger partial charge is 0.497 e. The molecule has 1 N–H and O–H groups in total. The first-order valence-corrected chi connectivity index (χ1v) is 9.10. The van der Waals surface area contributed by atoms with Gasteiger partial charge in [-0.25, -0.2) is 9.59 Å². The summed E-state index contributed by atoms with van der Waals surface area (Å²) in [6, 6.07) is 15.7. The lowest BCUT2D eigenvalue weighted by Crippen LogP contribution is -2.45. The third-order valence-corrected chi connectivity index (χ3v) is 3.80. The molecule has 150 valence electrons. The molecule has 6 nitrogen and oxygen atoms in total. The van der Waals surface area contributed by atoms with Gasteiger partial charge in [0.1, 0.15) is 24.0 Å². The molecule has 0 saturated carbocycles. The van der Waals surface area contributed by atoms with Gasteiger partial charge in [0.05, 0.1) is 7.11 Å².